The van der Waals surface area contributed by atoms with Gasteiger partial charge in [-0.1, -0.05) is 24.3 Å². The molecule has 19 heteroatoms. The molecule has 3 aliphatic rings. The van der Waals surface area contributed by atoms with Crippen molar-refractivity contribution in [1.82, 2.24) is 24.6 Å². The number of ether oxygens (including phenoxy) is 6. The summed E-state index contributed by atoms with van der Waals surface area (Å²) in [6.45, 7) is 5.01. The molecule has 0 bridgehead atoms. The van der Waals surface area contributed by atoms with Gasteiger partial charge in [-0.15, -0.1) is 11.8 Å². The van der Waals surface area contributed by atoms with Crippen LogP contribution in [0, 0.1) is 28.8 Å². The summed E-state index contributed by atoms with van der Waals surface area (Å²) in [7, 11) is 0. The summed E-state index contributed by atoms with van der Waals surface area (Å²) in [6.07, 6.45) is 10.5. The normalized spacial score (nSPS) is 20.7. The molecule has 2 unspecified atom stereocenters. The van der Waals surface area contributed by atoms with Crippen molar-refractivity contribution in [2.75, 3.05) is 59.4 Å². The van der Waals surface area contributed by atoms with Gasteiger partial charge in [-0.3, -0.25) is 9.69 Å². The lowest BCUT2D eigenvalue weighted by atomic mass is 9.89. The number of morpholine rings is 1. The molecule has 3 saturated heterocycles. The molecule has 3 fully saturated rings. The van der Waals surface area contributed by atoms with Crippen LogP contribution < -0.4 is 0 Å². The Morgan fingerprint density at radius 1 is 1.00 bits per heavy atom. The summed E-state index contributed by atoms with van der Waals surface area (Å²) in [5, 5.41) is 11.9. The van der Waals surface area contributed by atoms with Crippen LogP contribution in [0.3, 0.4) is 0 Å². The molecule has 6 rings (SSSR count). The van der Waals surface area contributed by atoms with E-state index in [-0.39, 0.29) is 42.0 Å². The van der Waals surface area contributed by atoms with Gasteiger partial charge in [0, 0.05) is 66.8 Å². The van der Waals surface area contributed by atoms with Crippen LogP contribution in [0.5, 0.6) is 0 Å². The third-order valence-corrected chi connectivity index (χ3v) is 11.8. The number of thioether (sulfide) groups is 1. The Balaban J connectivity index is 1.05. The summed E-state index contributed by atoms with van der Waals surface area (Å²) >= 11 is 1.24. The number of benzene rings is 2. The van der Waals surface area contributed by atoms with Gasteiger partial charge in [-0.25, -0.2) is 32.4 Å². The van der Waals surface area contributed by atoms with Crippen LogP contribution >= 0.6 is 11.8 Å². The number of aromatic nitrogens is 3. The van der Waals surface area contributed by atoms with E-state index in [1.54, 1.807) is 30.1 Å². The molecule has 1 aromatic heterocycles. The number of halogens is 3. The highest BCUT2D eigenvalue weighted by Gasteiger charge is 2.47. The molecule has 3 aliphatic heterocycles. The third kappa shape index (κ3) is 12.5. The van der Waals surface area contributed by atoms with Gasteiger partial charge in [0.1, 0.15) is 30.1 Å². The molecule has 4 heterocycles. The molecule has 0 radical (unpaired) electrons. The molecule has 0 N–H and O–H groups in total. The average molecular weight is 867 g/mol. The molecule has 0 spiro atoms. The topological polar surface area (TPSA) is 168 Å². The second-order valence-corrected chi connectivity index (χ2v) is 15.9. The Kier molecular flexibility index (Phi) is 16.1. The van der Waals surface area contributed by atoms with Gasteiger partial charge >= 0.3 is 12.1 Å². The Morgan fingerprint density at radius 2 is 1.77 bits per heavy atom. The number of amides is 1. The van der Waals surface area contributed by atoms with Gasteiger partial charge in [0.15, 0.2) is 11.9 Å². The van der Waals surface area contributed by atoms with Crippen LogP contribution in [0.4, 0.5) is 18.0 Å². The zero-order valence-corrected chi connectivity index (χ0v) is 34.1. The molecule has 15 nitrogen and oxygen atoms in total. The molecule has 1 amide bonds. The molecule has 0 saturated carbocycles. The van der Waals surface area contributed by atoms with E-state index in [1.165, 1.54) is 47.3 Å². The number of hydrogen-bond acceptors (Lipinski definition) is 14. The largest absolute Gasteiger partial charge is 0.512 e. The van der Waals surface area contributed by atoms with Crippen molar-refractivity contribution in [3.05, 3.63) is 114 Å². The van der Waals surface area contributed by atoms with Crippen LogP contribution in [0.1, 0.15) is 36.5 Å². The number of nitrogens with zero attached hydrogens (tertiary/aromatic N) is 6. The molecule has 3 aromatic rings. The Bertz CT molecular complexity index is 2100. The van der Waals surface area contributed by atoms with E-state index in [4.69, 9.17) is 33.7 Å². The Hall–Kier alpha value is -5.52. The minimum absolute atomic E-state index is 0.159. The predicted molar refractivity (Wildman–Crippen MR) is 214 cm³/mol. The van der Waals surface area contributed by atoms with Crippen molar-refractivity contribution in [2.45, 2.75) is 54.7 Å². The summed E-state index contributed by atoms with van der Waals surface area (Å²) in [5.74, 6) is -3.71. The quantitative estimate of drug-likeness (QED) is 0.0854. The number of esters is 1. The second kappa shape index (κ2) is 21.8. The maximum absolute atomic E-state index is 15.7. The van der Waals surface area contributed by atoms with Crippen molar-refractivity contribution < 1.29 is 56.0 Å². The highest BCUT2D eigenvalue weighted by molar-refractivity contribution is 8.00. The zero-order chi connectivity index (χ0) is 43.2. The number of allylic oxidation sites excluding steroid dienone is 2. The second-order valence-electron chi connectivity index (χ2n) is 14.2. The minimum atomic E-state index is -1.92. The zero-order valence-electron chi connectivity index (χ0n) is 33.3. The summed E-state index contributed by atoms with van der Waals surface area (Å²) in [5.41, 5.74) is -1.60. The van der Waals surface area contributed by atoms with Gasteiger partial charge in [0.25, 0.3) is 0 Å². The van der Waals surface area contributed by atoms with Crippen molar-refractivity contribution in [3.63, 3.8) is 0 Å². The molecular weight excluding hydrogens is 822 g/mol. The number of hydrogen-bond donors (Lipinski definition) is 0. The molecule has 61 heavy (non-hydrogen) atoms. The van der Waals surface area contributed by atoms with Crippen LogP contribution in [0.2, 0.25) is 0 Å². The Morgan fingerprint density at radius 3 is 2.46 bits per heavy atom. The van der Waals surface area contributed by atoms with E-state index in [2.05, 4.69) is 15.0 Å². The van der Waals surface area contributed by atoms with E-state index in [1.807, 2.05) is 6.07 Å². The number of likely N-dealkylation sites (tertiary alicyclic amines) is 1. The minimum Gasteiger partial charge on any atom is -0.425 e. The highest BCUT2D eigenvalue weighted by atomic mass is 32.2. The maximum atomic E-state index is 15.7. The van der Waals surface area contributed by atoms with E-state index in [0.717, 1.165) is 56.3 Å². The standard InChI is InChI=1S/C42H45F3N6O9S/c1-29(61-34-23-56-40(57-24-34)5-3-2-4-31-7-6-30(22-46)20-36(31)44)42(25-51-27-47-26-48-51,35-9-8-32(43)21-37(35)45)60-41(54)59-28-58-39(53)11-10-38(52)50-14-12-33(13-15-50)49-16-18-55-19-17-49/h2-11,20-21,26-27,29,33-34,40H,12-19,23-25,28H2,1H3. The Labute approximate surface area is 354 Å². The number of piperidine rings is 1. The first kappa shape index (κ1) is 45.0. The smallest absolute Gasteiger partial charge is 0.425 e. The fraction of sp³-hybridized carbons (Fsp3) is 0.429. The van der Waals surface area contributed by atoms with Gasteiger partial charge < -0.3 is 33.3 Å². The van der Waals surface area contributed by atoms with Crippen molar-refractivity contribution in [3.8, 4) is 6.07 Å². The molecule has 0 aliphatic carbocycles. The third-order valence-electron chi connectivity index (χ3n) is 10.3. The van der Waals surface area contributed by atoms with Crippen LogP contribution in [-0.2, 0) is 50.2 Å². The van der Waals surface area contributed by atoms with Gasteiger partial charge in [-0.05, 0) is 50.1 Å². The lowest BCUT2D eigenvalue weighted by Crippen LogP contribution is -2.49. The van der Waals surface area contributed by atoms with Gasteiger partial charge in [0.05, 0.1) is 49.9 Å². The summed E-state index contributed by atoms with van der Waals surface area (Å²) in [4.78, 5) is 46.6. The van der Waals surface area contributed by atoms with E-state index in [0.29, 0.717) is 44.0 Å². The van der Waals surface area contributed by atoms with Crippen LogP contribution in [-0.4, -0.2) is 125 Å². The van der Waals surface area contributed by atoms with Crippen molar-refractivity contribution in [2.24, 2.45) is 0 Å². The lowest BCUT2D eigenvalue weighted by Gasteiger charge is -2.40. The van der Waals surface area contributed by atoms with Gasteiger partial charge in [-0.2, -0.15) is 10.4 Å². The predicted octanol–water partition coefficient (Wildman–Crippen LogP) is 5.13. The number of carbonyl (C=O) groups excluding carboxylic acids is 3. The number of rotatable bonds is 15. The van der Waals surface area contributed by atoms with Crippen molar-refractivity contribution in [1.29, 1.82) is 5.26 Å². The molecule has 324 valence electrons. The van der Waals surface area contributed by atoms with Crippen molar-refractivity contribution >= 4 is 35.9 Å². The van der Waals surface area contributed by atoms with Gasteiger partial charge in [0.2, 0.25) is 12.7 Å². The van der Waals surface area contributed by atoms with E-state index >= 15 is 4.39 Å². The SMILES string of the molecule is CC(SC1COC(C=CC=Cc2ccc(C#N)cc2F)OC1)C(Cn1cncn1)(OC(=O)OCOC(=O)C=CC(=O)N1CCC(N2CCOCC2)CC1)c1ccc(F)cc1F. The fourth-order valence-electron chi connectivity index (χ4n) is 7.13. The first-order chi connectivity index (χ1) is 29.5. The summed E-state index contributed by atoms with van der Waals surface area (Å²) in [6, 6.07) is 9.25. The van der Waals surface area contributed by atoms with Crippen LogP contribution in [0.15, 0.2) is 79.4 Å². The summed E-state index contributed by atoms with van der Waals surface area (Å²) < 4.78 is 78.7. The first-order valence-corrected chi connectivity index (χ1v) is 20.5. The van der Waals surface area contributed by atoms with E-state index in [9.17, 15) is 23.2 Å². The first-order valence-electron chi connectivity index (χ1n) is 19.6. The average Bonchev–Trinajstić information content (AvgIpc) is 3.78. The number of nitriles is 1. The monoisotopic (exact) mass is 866 g/mol. The number of carbonyl (C=O) groups is 3. The fourth-order valence-corrected chi connectivity index (χ4v) is 8.49. The molecule has 2 aromatic carbocycles. The maximum Gasteiger partial charge on any atom is 0.512 e. The lowest BCUT2D eigenvalue weighted by molar-refractivity contribution is -0.149. The van der Waals surface area contributed by atoms with Crippen LogP contribution in [0.25, 0.3) is 6.08 Å². The van der Waals surface area contributed by atoms with E-state index < -0.39 is 53.5 Å². The highest BCUT2D eigenvalue weighted by Crippen LogP contribution is 2.42. The molecular formula is C42H45F3N6O9S. The molecule has 2 atom stereocenters.